The van der Waals surface area contributed by atoms with Gasteiger partial charge in [0.05, 0.1) is 0 Å². The summed E-state index contributed by atoms with van der Waals surface area (Å²) < 4.78 is 32.2. The maximum Gasteiger partial charge on any atom is 0.129 e. The van der Waals surface area contributed by atoms with Crippen molar-refractivity contribution in [3.63, 3.8) is 0 Å². The summed E-state index contributed by atoms with van der Waals surface area (Å²) in [5.41, 5.74) is 1.18. The highest BCUT2D eigenvalue weighted by Gasteiger charge is 2.07. The molecule has 0 atom stereocenters. The van der Waals surface area contributed by atoms with Gasteiger partial charge in [-0.15, -0.1) is 0 Å². The lowest BCUT2D eigenvalue weighted by atomic mass is 10.2. The van der Waals surface area contributed by atoms with E-state index in [4.69, 9.17) is 4.74 Å². The van der Waals surface area contributed by atoms with Gasteiger partial charge in [-0.1, -0.05) is 18.2 Å². The monoisotopic (exact) mass is 263 g/mol. The minimum atomic E-state index is -0.316. The maximum absolute atomic E-state index is 13.5. The van der Waals surface area contributed by atoms with E-state index in [0.29, 0.717) is 23.4 Å². The molecule has 0 unspecified atom stereocenters. The molecule has 2 rings (SSSR count). The molecule has 0 aromatic heterocycles. The average Bonchev–Trinajstić information content (AvgIpc) is 2.40. The summed E-state index contributed by atoms with van der Waals surface area (Å²) >= 11 is 0. The van der Waals surface area contributed by atoms with Crippen LogP contribution in [0.25, 0.3) is 0 Å². The lowest BCUT2D eigenvalue weighted by Crippen LogP contribution is -2.08. The minimum absolute atomic E-state index is 0.120. The van der Waals surface area contributed by atoms with Gasteiger partial charge in [0.15, 0.2) is 0 Å². The lowest BCUT2D eigenvalue weighted by Gasteiger charge is -2.12. The van der Waals surface area contributed by atoms with Crippen LogP contribution >= 0.6 is 0 Å². The van der Waals surface area contributed by atoms with Crippen LogP contribution in [-0.4, -0.2) is 7.05 Å². The van der Waals surface area contributed by atoms with E-state index >= 15 is 0 Å². The third-order valence-electron chi connectivity index (χ3n) is 2.73. The smallest absolute Gasteiger partial charge is 0.129 e. The summed E-state index contributed by atoms with van der Waals surface area (Å²) in [7, 11) is 1.77. The van der Waals surface area contributed by atoms with E-state index in [1.807, 2.05) is 0 Å². The van der Waals surface area contributed by atoms with Crippen LogP contribution in [0, 0.1) is 11.6 Å². The molecule has 2 aromatic carbocycles. The fourth-order valence-electron chi connectivity index (χ4n) is 1.79. The highest BCUT2D eigenvalue weighted by Crippen LogP contribution is 2.21. The van der Waals surface area contributed by atoms with E-state index in [1.54, 1.807) is 31.3 Å². The van der Waals surface area contributed by atoms with Crippen molar-refractivity contribution in [1.29, 1.82) is 0 Å². The van der Waals surface area contributed by atoms with Crippen molar-refractivity contribution >= 4 is 0 Å². The van der Waals surface area contributed by atoms with Crippen LogP contribution in [0.15, 0.2) is 42.5 Å². The van der Waals surface area contributed by atoms with Gasteiger partial charge in [-0.25, -0.2) is 8.78 Å². The van der Waals surface area contributed by atoms with Crippen molar-refractivity contribution in [3.05, 3.63) is 65.2 Å². The Morgan fingerprint density at radius 3 is 2.58 bits per heavy atom. The molecule has 0 amide bonds. The van der Waals surface area contributed by atoms with Gasteiger partial charge in [0, 0.05) is 17.7 Å². The number of hydrogen-bond acceptors (Lipinski definition) is 2. The van der Waals surface area contributed by atoms with Crippen LogP contribution in [0.2, 0.25) is 0 Å². The minimum Gasteiger partial charge on any atom is -0.488 e. The molecule has 0 aliphatic carbocycles. The Morgan fingerprint density at radius 1 is 1.05 bits per heavy atom. The van der Waals surface area contributed by atoms with Gasteiger partial charge in [-0.3, -0.25) is 0 Å². The number of rotatable bonds is 5. The first-order chi connectivity index (χ1) is 9.20. The number of halogens is 2. The standard InChI is InChI=1S/C15H15F2NO/c1-18-9-12-8-13(16)6-7-15(12)19-10-11-4-2-3-5-14(11)17/h2-8,18H,9-10H2,1H3. The Balaban J connectivity index is 2.13. The SMILES string of the molecule is CNCc1cc(F)ccc1OCc1ccccc1F. The molecule has 0 bridgehead atoms. The number of benzene rings is 2. The van der Waals surface area contributed by atoms with Crippen molar-refractivity contribution in [2.45, 2.75) is 13.2 Å². The molecule has 2 nitrogen and oxygen atoms in total. The van der Waals surface area contributed by atoms with Gasteiger partial charge in [-0.2, -0.15) is 0 Å². The van der Waals surface area contributed by atoms with Crippen LogP contribution in [0.4, 0.5) is 8.78 Å². The van der Waals surface area contributed by atoms with Crippen LogP contribution in [0.3, 0.4) is 0 Å². The van der Waals surface area contributed by atoms with E-state index in [1.165, 1.54) is 18.2 Å². The Hall–Kier alpha value is -1.94. The molecule has 0 spiro atoms. The van der Waals surface area contributed by atoms with Gasteiger partial charge in [-0.05, 0) is 31.3 Å². The number of ether oxygens (including phenoxy) is 1. The highest BCUT2D eigenvalue weighted by atomic mass is 19.1. The maximum atomic E-state index is 13.5. The van der Waals surface area contributed by atoms with E-state index in [0.717, 1.165) is 0 Å². The topological polar surface area (TPSA) is 21.3 Å². The molecule has 0 aliphatic rings. The van der Waals surface area contributed by atoms with E-state index in [2.05, 4.69) is 5.32 Å². The Kier molecular flexibility index (Phi) is 4.47. The molecule has 1 N–H and O–H groups in total. The second-order valence-electron chi connectivity index (χ2n) is 4.16. The molecule has 0 aliphatic heterocycles. The Morgan fingerprint density at radius 2 is 1.84 bits per heavy atom. The van der Waals surface area contributed by atoms with Gasteiger partial charge in [0.2, 0.25) is 0 Å². The molecule has 19 heavy (non-hydrogen) atoms. The second kappa shape index (κ2) is 6.29. The fourth-order valence-corrected chi connectivity index (χ4v) is 1.79. The third kappa shape index (κ3) is 3.51. The Bertz CT molecular complexity index is 558. The van der Waals surface area contributed by atoms with Crippen molar-refractivity contribution in [3.8, 4) is 5.75 Å². The molecule has 0 saturated heterocycles. The Labute approximate surface area is 111 Å². The summed E-state index contributed by atoms with van der Waals surface area (Å²) in [5, 5.41) is 2.94. The summed E-state index contributed by atoms with van der Waals surface area (Å²) in [5.74, 6) is -0.0673. The molecular formula is C15H15F2NO. The van der Waals surface area contributed by atoms with Gasteiger partial charge >= 0.3 is 0 Å². The normalized spacial score (nSPS) is 10.5. The summed E-state index contributed by atoms with van der Waals surface area (Å²) in [6.45, 7) is 0.611. The molecule has 0 fully saturated rings. The number of nitrogens with one attached hydrogen (secondary N) is 1. The predicted molar refractivity (Wildman–Crippen MR) is 69.9 cm³/mol. The van der Waals surface area contributed by atoms with Crippen LogP contribution in [-0.2, 0) is 13.2 Å². The van der Waals surface area contributed by atoms with Crippen LogP contribution in [0.1, 0.15) is 11.1 Å². The number of hydrogen-bond donors (Lipinski definition) is 1. The van der Waals surface area contributed by atoms with Crippen molar-refractivity contribution in [2.24, 2.45) is 0 Å². The summed E-state index contributed by atoms with van der Waals surface area (Å²) in [4.78, 5) is 0. The van der Waals surface area contributed by atoms with Gasteiger partial charge in [0.1, 0.15) is 24.0 Å². The van der Waals surface area contributed by atoms with Crippen molar-refractivity contribution in [2.75, 3.05) is 7.05 Å². The zero-order valence-corrected chi connectivity index (χ0v) is 10.6. The average molecular weight is 263 g/mol. The highest BCUT2D eigenvalue weighted by molar-refractivity contribution is 5.34. The largest absolute Gasteiger partial charge is 0.488 e. The first-order valence-electron chi connectivity index (χ1n) is 6.00. The predicted octanol–water partition coefficient (Wildman–Crippen LogP) is 3.26. The van der Waals surface area contributed by atoms with E-state index in [-0.39, 0.29) is 18.2 Å². The van der Waals surface area contributed by atoms with Crippen molar-refractivity contribution in [1.82, 2.24) is 5.32 Å². The molecule has 2 aromatic rings. The molecule has 0 saturated carbocycles. The van der Waals surface area contributed by atoms with E-state index in [9.17, 15) is 8.78 Å². The van der Waals surface area contributed by atoms with Crippen LogP contribution < -0.4 is 10.1 Å². The third-order valence-corrected chi connectivity index (χ3v) is 2.73. The zero-order chi connectivity index (χ0) is 13.7. The summed E-state index contributed by atoms with van der Waals surface area (Å²) in [6.07, 6.45) is 0. The van der Waals surface area contributed by atoms with Crippen LogP contribution in [0.5, 0.6) is 5.75 Å². The first kappa shape index (κ1) is 13.5. The molecular weight excluding hydrogens is 248 g/mol. The first-order valence-corrected chi connectivity index (χ1v) is 6.00. The fraction of sp³-hybridized carbons (Fsp3) is 0.200. The van der Waals surface area contributed by atoms with Gasteiger partial charge < -0.3 is 10.1 Å². The quantitative estimate of drug-likeness (QED) is 0.894. The lowest BCUT2D eigenvalue weighted by molar-refractivity contribution is 0.295. The second-order valence-corrected chi connectivity index (χ2v) is 4.16. The molecule has 0 radical (unpaired) electrons. The molecule has 4 heteroatoms. The molecule has 100 valence electrons. The molecule has 0 heterocycles. The summed E-state index contributed by atoms with van der Waals surface area (Å²) in [6, 6.07) is 10.7. The van der Waals surface area contributed by atoms with Crippen molar-refractivity contribution < 1.29 is 13.5 Å². The van der Waals surface area contributed by atoms with Gasteiger partial charge in [0.25, 0.3) is 0 Å². The zero-order valence-electron chi connectivity index (χ0n) is 10.6. The van der Waals surface area contributed by atoms with E-state index < -0.39 is 0 Å².